The summed E-state index contributed by atoms with van der Waals surface area (Å²) in [6.45, 7) is 3.36. The highest BCUT2D eigenvalue weighted by Gasteiger charge is 2.24. The van der Waals surface area contributed by atoms with Crippen molar-refractivity contribution in [2.75, 3.05) is 18.4 Å². The first kappa shape index (κ1) is 18.2. The average Bonchev–Trinajstić information content (AvgIpc) is 2.67. The average molecular weight is 354 g/mol. The van der Waals surface area contributed by atoms with Crippen LogP contribution in [0.4, 0.5) is 10.5 Å². The summed E-state index contributed by atoms with van der Waals surface area (Å²) in [5, 5.41) is 7.05. The molecule has 1 aliphatic rings. The quantitative estimate of drug-likeness (QED) is 0.862. The first-order chi connectivity index (χ1) is 12.7. The summed E-state index contributed by atoms with van der Waals surface area (Å²) >= 11 is 0. The molecule has 0 aliphatic carbocycles. The number of amides is 3. The maximum Gasteiger partial charge on any atom is 0.321 e. The van der Waals surface area contributed by atoms with E-state index < -0.39 is 0 Å². The number of hydrogen-bond acceptors (Lipinski definition) is 3. The van der Waals surface area contributed by atoms with Crippen LogP contribution in [-0.4, -0.2) is 41.0 Å². The minimum Gasteiger partial charge on any atom is -0.353 e. The Morgan fingerprint density at radius 3 is 2.73 bits per heavy atom. The SMILES string of the molecule is CCCCC(=O)NC1CCN(C(=O)Nc2cccc3cccnc23)CC1. The van der Waals surface area contributed by atoms with Gasteiger partial charge in [0, 0.05) is 37.1 Å². The molecule has 1 aliphatic heterocycles. The van der Waals surface area contributed by atoms with Gasteiger partial charge in [-0.2, -0.15) is 0 Å². The van der Waals surface area contributed by atoms with Gasteiger partial charge in [-0.05, 0) is 31.4 Å². The van der Waals surface area contributed by atoms with Crippen molar-refractivity contribution >= 4 is 28.5 Å². The van der Waals surface area contributed by atoms with E-state index >= 15 is 0 Å². The number of aromatic nitrogens is 1. The van der Waals surface area contributed by atoms with Gasteiger partial charge in [-0.3, -0.25) is 9.78 Å². The number of piperidine rings is 1. The van der Waals surface area contributed by atoms with Gasteiger partial charge >= 0.3 is 6.03 Å². The lowest BCUT2D eigenvalue weighted by atomic mass is 10.0. The molecule has 0 bridgehead atoms. The topological polar surface area (TPSA) is 74.3 Å². The smallest absolute Gasteiger partial charge is 0.321 e. The van der Waals surface area contributed by atoms with Crippen LogP contribution < -0.4 is 10.6 Å². The van der Waals surface area contributed by atoms with Gasteiger partial charge in [0.05, 0.1) is 11.2 Å². The molecule has 0 saturated carbocycles. The molecule has 1 fully saturated rings. The van der Waals surface area contributed by atoms with Crippen molar-refractivity contribution in [1.29, 1.82) is 0 Å². The van der Waals surface area contributed by atoms with Gasteiger partial charge < -0.3 is 15.5 Å². The number of fused-ring (bicyclic) bond motifs is 1. The molecule has 0 spiro atoms. The molecular weight excluding hydrogens is 328 g/mol. The second-order valence-electron chi connectivity index (χ2n) is 6.74. The number of likely N-dealkylation sites (tertiary alicyclic amines) is 1. The van der Waals surface area contributed by atoms with E-state index in [1.807, 2.05) is 30.3 Å². The van der Waals surface area contributed by atoms with Crippen LogP contribution in [0.15, 0.2) is 36.5 Å². The van der Waals surface area contributed by atoms with E-state index in [1.165, 1.54) is 0 Å². The number of anilines is 1. The van der Waals surface area contributed by atoms with Crippen molar-refractivity contribution in [3.63, 3.8) is 0 Å². The number of unbranched alkanes of at least 4 members (excludes halogenated alkanes) is 1. The molecule has 26 heavy (non-hydrogen) atoms. The number of rotatable bonds is 5. The largest absolute Gasteiger partial charge is 0.353 e. The Bertz CT molecular complexity index is 764. The van der Waals surface area contributed by atoms with Crippen LogP contribution in [0.5, 0.6) is 0 Å². The van der Waals surface area contributed by atoms with E-state index in [1.54, 1.807) is 11.1 Å². The molecule has 2 heterocycles. The Morgan fingerprint density at radius 2 is 1.96 bits per heavy atom. The summed E-state index contributed by atoms with van der Waals surface area (Å²) < 4.78 is 0. The second kappa shape index (κ2) is 8.65. The van der Waals surface area contributed by atoms with E-state index in [0.29, 0.717) is 19.5 Å². The van der Waals surface area contributed by atoms with Crippen molar-refractivity contribution in [2.45, 2.75) is 45.1 Å². The molecule has 2 N–H and O–H groups in total. The van der Waals surface area contributed by atoms with Gasteiger partial charge in [0.1, 0.15) is 0 Å². The lowest BCUT2D eigenvalue weighted by Crippen LogP contribution is -2.47. The molecule has 6 heteroatoms. The number of hydrogen-bond donors (Lipinski definition) is 2. The van der Waals surface area contributed by atoms with Crippen LogP contribution in [0, 0.1) is 0 Å². The number of carbonyl (C=O) groups is 2. The van der Waals surface area contributed by atoms with Crippen LogP contribution in [0.3, 0.4) is 0 Å². The van der Waals surface area contributed by atoms with Crippen LogP contribution in [0.2, 0.25) is 0 Å². The molecule has 0 atom stereocenters. The summed E-state index contributed by atoms with van der Waals surface area (Å²) in [5.41, 5.74) is 1.52. The maximum absolute atomic E-state index is 12.6. The van der Waals surface area contributed by atoms with Crippen LogP contribution in [0.1, 0.15) is 39.0 Å². The fourth-order valence-corrected chi connectivity index (χ4v) is 3.26. The monoisotopic (exact) mass is 354 g/mol. The fourth-order valence-electron chi connectivity index (χ4n) is 3.26. The van der Waals surface area contributed by atoms with Crippen molar-refractivity contribution < 1.29 is 9.59 Å². The summed E-state index contributed by atoms with van der Waals surface area (Å²) in [6.07, 6.45) is 5.84. The van der Waals surface area contributed by atoms with Gasteiger partial charge in [0.25, 0.3) is 0 Å². The van der Waals surface area contributed by atoms with E-state index in [2.05, 4.69) is 22.5 Å². The first-order valence-electron chi connectivity index (χ1n) is 9.36. The first-order valence-corrected chi connectivity index (χ1v) is 9.36. The van der Waals surface area contributed by atoms with Crippen molar-refractivity contribution in [1.82, 2.24) is 15.2 Å². The van der Waals surface area contributed by atoms with Gasteiger partial charge in [-0.25, -0.2) is 4.79 Å². The Hall–Kier alpha value is -2.63. The van der Waals surface area contributed by atoms with Crippen molar-refractivity contribution in [3.8, 4) is 0 Å². The Balaban J connectivity index is 1.53. The molecule has 3 rings (SSSR count). The Labute approximate surface area is 154 Å². The third-order valence-electron chi connectivity index (χ3n) is 4.78. The zero-order valence-corrected chi connectivity index (χ0v) is 15.2. The Kier molecular flexibility index (Phi) is 6.04. The molecule has 1 saturated heterocycles. The maximum atomic E-state index is 12.6. The fraction of sp³-hybridized carbons (Fsp3) is 0.450. The van der Waals surface area contributed by atoms with Crippen LogP contribution >= 0.6 is 0 Å². The number of para-hydroxylation sites is 1. The number of urea groups is 1. The van der Waals surface area contributed by atoms with Gasteiger partial charge in [-0.15, -0.1) is 0 Å². The second-order valence-corrected chi connectivity index (χ2v) is 6.74. The zero-order chi connectivity index (χ0) is 18.4. The predicted molar refractivity (Wildman–Crippen MR) is 103 cm³/mol. The molecule has 6 nitrogen and oxygen atoms in total. The number of benzene rings is 1. The molecular formula is C20H26N4O2. The highest BCUT2D eigenvalue weighted by Crippen LogP contribution is 2.21. The van der Waals surface area contributed by atoms with Crippen molar-refractivity contribution in [3.05, 3.63) is 36.5 Å². The summed E-state index contributed by atoms with van der Waals surface area (Å²) in [6, 6.07) is 9.68. The molecule has 1 aromatic carbocycles. The number of nitrogens with one attached hydrogen (secondary N) is 2. The molecule has 0 radical (unpaired) electrons. The number of nitrogens with zero attached hydrogens (tertiary/aromatic N) is 2. The lowest BCUT2D eigenvalue weighted by Gasteiger charge is -2.32. The minimum atomic E-state index is -0.112. The summed E-state index contributed by atoms with van der Waals surface area (Å²) in [5.74, 6) is 0.122. The molecule has 3 amide bonds. The Morgan fingerprint density at radius 1 is 1.19 bits per heavy atom. The molecule has 2 aromatic rings. The predicted octanol–water partition coefficient (Wildman–Crippen LogP) is 3.54. The number of carbonyl (C=O) groups excluding carboxylic acids is 2. The van der Waals surface area contributed by atoms with Crippen molar-refractivity contribution in [2.24, 2.45) is 0 Å². The standard InChI is InChI=1S/C20H26N4O2/c1-2-3-9-18(25)22-16-10-13-24(14-11-16)20(26)23-17-8-4-6-15-7-5-12-21-19(15)17/h4-8,12,16H,2-3,9-11,13-14H2,1H3,(H,22,25)(H,23,26). The highest BCUT2D eigenvalue weighted by molar-refractivity contribution is 5.99. The summed E-state index contributed by atoms with van der Waals surface area (Å²) in [4.78, 5) is 30.6. The van der Waals surface area contributed by atoms with Gasteiger partial charge in [-0.1, -0.05) is 31.5 Å². The van der Waals surface area contributed by atoms with Gasteiger partial charge in [0.2, 0.25) is 5.91 Å². The van der Waals surface area contributed by atoms with E-state index in [4.69, 9.17) is 0 Å². The third kappa shape index (κ3) is 4.50. The zero-order valence-electron chi connectivity index (χ0n) is 15.2. The molecule has 138 valence electrons. The highest BCUT2D eigenvalue weighted by atomic mass is 16.2. The van der Waals surface area contributed by atoms with E-state index in [9.17, 15) is 9.59 Å². The third-order valence-corrected chi connectivity index (χ3v) is 4.78. The summed E-state index contributed by atoms with van der Waals surface area (Å²) in [7, 11) is 0. The van der Waals surface area contributed by atoms with E-state index in [-0.39, 0.29) is 18.0 Å². The van der Waals surface area contributed by atoms with Crippen LogP contribution in [-0.2, 0) is 4.79 Å². The molecule has 0 unspecified atom stereocenters. The van der Waals surface area contributed by atoms with Crippen LogP contribution in [0.25, 0.3) is 10.9 Å². The van der Waals surface area contributed by atoms with E-state index in [0.717, 1.165) is 42.3 Å². The normalized spacial score (nSPS) is 15.0. The molecule has 1 aromatic heterocycles. The number of pyridine rings is 1. The lowest BCUT2D eigenvalue weighted by molar-refractivity contribution is -0.122. The van der Waals surface area contributed by atoms with Gasteiger partial charge in [0.15, 0.2) is 0 Å². The minimum absolute atomic E-state index is 0.112.